The molecule has 1 saturated heterocycles. The Morgan fingerprint density at radius 1 is 1.52 bits per heavy atom. The van der Waals surface area contributed by atoms with E-state index in [0.29, 0.717) is 49.3 Å². The molecule has 0 atom stereocenters. The smallest absolute Gasteiger partial charge is 0.283 e. The van der Waals surface area contributed by atoms with E-state index in [9.17, 15) is 9.90 Å². The second kappa shape index (κ2) is 7.38. The van der Waals surface area contributed by atoms with Crippen LogP contribution in [0.4, 0.5) is 5.69 Å². The lowest BCUT2D eigenvalue weighted by Gasteiger charge is -2.32. The zero-order chi connectivity index (χ0) is 15.3. The van der Waals surface area contributed by atoms with Gasteiger partial charge in [-0.3, -0.25) is 4.79 Å². The average Bonchev–Trinajstić information content (AvgIpc) is 2.48. The molecule has 0 amide bonds. The van der Waals surface area contributed by atoms with Crippen LogP contribution in [0.2, 0.25) is 0 Å². The molecule has 0 saturated carbocycles. The van der Waals surface area contributed by atoms with Crippen molar-refractivity contribution in [2.75, 3.05) is 25.1 Å². The third-order valence-corrected chi connectivity index (χ3v) is 4.51. The van der Waals surface area contributed by atoms with E-state index >= 15 is 0 Å². The van der Waals surface area contributed by atoms with Gasteiger partial charge < -0.3 is 15.2 Å². The van der Waals surface area contributed by atoms with Gasteiger partial charge in [-0.25, -0.2) is 4.68 Å². The maximum absolute atomic E-state index is 12.2. The van der Waals surface area contributed by atoms with Gasteiger partial charge in [-0.05, 0) is 22.4 Å². The van der Waals surface area contributed by atoms with Gasteiger partial charge in [-0.2, -0.15) is 5.10 Å². The van der Waals surface area contributed by atoms with Crippen LogP contribution in [0.25, 0.3) is 0 Å². The molecule has 0 bridgehead atoms. The molecule has 1 fully saturated rings. The van der Waals surface area contributed by atoms with E-state index in [1.165, 1.54) is 4.68 Å². The topological polar surface area (TPSA) is 76.4 Å². The summed E-state index contributed by atoms with van der Waals surface area (Å²) in [4.78, 5) is 12.2. The van der Waals surface area contributed by atoms with Crippen molar-refractivity contribution in [2.24, 2.45) is 0 Å². The van der Waals surface area contributed by atoms with Crippen LogP contribution < -0.4 is 10.9 Å². The zero-order valence-corrected chi connectivity index (χ0v) is 13.9. The third kappa shape index (κ3) is 4.28. The molecule has 0 aromatic carbocycles. The molecule has 7 heteroatoms. The fraction of sp³-hybridized carbons (Fsp3) is 0.714. The monoisotopic (exact) mass is 359 g/mol. The van der Waals surface area contributed by atoms with Crippen LogP contribution in [-0.2, 0) is 11.3 Å². The molecule has 2 heterocycles. The summed E-state index contributed by atoms with van der Waals surface area (Å²) in [6.07, 6.45) is 4.76. The summed E-state index contributed by atoms with van der Waals surface area (Å²) in [7, 11) is 0. The van der Waals surface area contributed by atoms with E-state index < -0.39 is 5.60 Å². The number of aryl methyl sites for hydroxylation is 1. The maximum atomic E-state index is 12.2. The fourth-order valence-electron chi connectivity index (χ4n) is 2.24. The van der Waals surface area contributed by atoms with Crippen LogP contribution in [0, 0.1) is 0 Å². The van der Waals surface area contributed by atoms with E-state index in [1.54, 1.807) is 6.20 Å². The average molecular weight is 360 g/mol. The normalized spacial score (nSPS) is 17.7. The summed E-state index contributed by atoms with van der Waals surface area (Å²) >= 11 is 3.32. The predicted molar refractivity (Wildman–Crippen MR) is 84.6 cm³/mol. The second-order valence-electron chi connectivity index (χ2n) is 5.44. The standard InChI is InChI=1S/C14H22BrN3O3/c1-2-3-6-18-13(19)12(15)11(9-17-18)16-10-14(20)4-7-21-8-5-14/h9,16,20H,2-8,10H2,1H3. The number of hydrogen-bond acceptors (Lipinski definition) is 5. The molecule has 0 unspecified atom stereocenters. The Morgan fingerprint density at radius 2 is 2.24 bits per heavy atom. The number of aromatic nitrogens is 2. The van der Waals surface area contributed by atoms with Crippen molar-refractivity contribution < 1.29 is 9.84 Å². The van der Waals surface area contributed by atoms with Gasteiger partial charge in [0.2, 0.25) is 0 Å². The highest BCUT2D eigenvalue weighted by Gasteiger charge is 2.29. The van der Waals surface area contributed by atoms with E-state index in [-0.39, 0.29) is 5.56 Å². The summed E-state index contributed by atoms with van der Waals surface area (Å²) in [5.74, 6) is 0. The quantitative estimate of drug-likeness (QED) is 0.809. The number of nitrogens with one attached hydrogen (secondary N) is 1. The van der Waals surface area contributed by atoms with E-state index in [0.717, 1.165) is 12.8 Å². The van der Waals surface area contributed by atoms with Crippen molar-refractivity contribution in [2.45, 2.75) is 44.8 Å². The van der Waals surface area contributed by atoms with Crippen molar-refractivity contribution in [3.05, 3.63) is 21.0 Å². The van der Waals surface area contributed by atoms with Gasteiger partial charge in [-0.1, -0.05) is 13.3 Å². The lowest BCUT2D eigenvalue weighted by molar-refractivity contribution is -0.0543. The number of aliphatic hydroxyl groups is 1. The molecule has 1 aliphatic rings. The molecule has 6 nitrogen and oxygen atoms in total. The number of unbranched alkanes of at least 4 members (excludes halogenated alkanes) is 1. The molecule has 118 valence electrons. The van der Waals surface area contributed by atoms with Crippen molar-refractivity contribution in [1.82, 2.24) is 9.78 Å². The Morgan fingerprint density at radius 3 is 2.90 bits per heavy atom. The second-order valence-corrected chi connectivity index (χ2v) is 6.24. The molecule has 1 aliphatic heterocycles. The minimum absolute atomic E-state index is 0.146. The molecule has 1 aromatic heterocycles. The Hall–Kier alpha value is -0.920. The van der Waals surface area contributed by atoms with Gasteiger partial charge in [0.25, 0.3) is 5.56 Å². The first kappa shape index (κ1) is 16.5. The van der Waals surface area contributed by atoms with Crippen molar-refractivity contribution in [3.63, 3.8) is 0 Å². The fourth-order valence-corrected chi connectivity index (χ4v) is 2.69. The SMILES string of the molecule is CCCCn1ncc(NCC2(O)CCOCC2)c(Br)c1=O. The number of hydrogen-bond donors (Lipinski definition) is 2. The number of ether oxygens (including phenoxy) is 1. The molecule has 2 rings (SSSR count). The predicted octanol–water partition coefficient (Wildman–Crippen LogP) is 1.76. The van der Waals surface area contributed by atoms with Gasteiger partial charge in [0.1, 0.15) is 4.47 Å². The highest BCUT2D eigenvalue weighted by atomic mass is 79.9. The lowest BCUT2D eigenvalue weighted by atomic mass is 9.94. The molecule has 1 aromatic rings. The van der Waals surface area contributed by atoms with Crippen molar-refractivity contribution >= 4 is 21.6 Å². The third-order valence-electron chi connectivity index (χ3n) is 3.74. The molecule has 21 heavy (non-hydrogen) atoms. The Balaban J connectivity index is 2.03. The van der Waals surface area contributed by atoms with E-state index in [1.807, 2.05) is 0 Å². The minimum atomic E-state index is -0.783. The molecular weight excluding hydrogens is 338 g/mol. The minimum Gasteiger partial charge on any atom is -0.388 e. The van der Waals surface area contributed by atoms with Gasteiger partial charge >= 0.3 is 0 Å². The largest absolute Gasteiger partial charge is 0.388 e. The van der Waals surface area contributed by atoms with Crippen molar-refractivity contribution in [3.8, 4) is 0 Å². The van der Waals surface area contributed by atoms with Crippen LogP contribution in [0.5, 0.6) is 0 Å². The molecule has 0 radical (unpaired) electrons. The Bertz CT molecular complexity index is 527. The lowest BCUT2D eigenvalue weighted by Crippen LogP contribution is -2.42. The highest BCUT2D eigenvalue weighted by Crippen LogP contribution is 2.23. The zero-order valence-electron chi connectivity index (χ0n) is 12.3. The van der Waals surface area contributed by atoms with Gasteiger partial charge in [0, 0.05) is 39.1 Å². The summed E-state index contributed by atoms with van der Waals surface area (Å²) in [6.45, 7) is 4.21. The highest BCUT2D eigenvalue weighted by molar-refractivity contribution is 9.10. The van der Waals surface area contributed by atoms with Crippen LogP contribution >= 0.6 is 15.9 Å². The Labute approximate surface area is 132 Å². The molecule has 2 N–H and O–H groups in total. The summed E-state index contributed by atoms with van der Waals surface area (Å²) in [6, 6.07) is 0. The van der Waals surface area contributed by atoms with Crippen LogP contribution in [0.15, 0.2) is 15.5 Å². The van der Waals surface area contributed by atoms with Crippen LogP contribution in [-0.4, -0.2) is 40.2 Å². The summed E-state index contributed by atoms with van der Waals surface area (Å²) < 4.78 is 7.17. The first-order chi connectivity index (χ1) is 10.1. The molecule has 0 aliphatic carbocycles. The summed E-state index contributed by atoms with van der Waals surface area (Å²) in [5.41, 5.74) is -0.311. The first-order valence-corrected chi connectivity index (χ1v) is 8.15. The van der Waals surface area contributed by atoms with E-state index in [2.05, 4.69) is 33.3 Å². The van der Waals surface area contributed by atoms with Crippen LogP contribution in [0.3, 0.4) is 0 Å². The Kier molecular flexibility index (Phi) is 5.78. The molecule has 0 spiro atoms. The van der Waals surface area contributed by atoms with Gasteiger partial charge in [0.05, 0.1) is 17.5 Å². The van der Waals surface area contributed by atoms with Gasteiger partial charge in [-0.15, -0.1) is 0 Å². The maximum Gasteiger partial charge on any atom is 0.283 e. The number of anilines is 1. The first-order valence-electron chi connectivity index (χ1n) is 7.35. The summed E-state index contributed by atoms with van der Waals surface area (Å²) in [5, 5.41) is 17.7. The molecular formula is C14H22BrN3O3. The van der Waals surface area contributed by atoms with Gasteiger partial charge in [0.15, 0.2) is 0 Å². The van der Waals surface area contributed by atoms with Crippen LogP contribution in [0.1, 0.15) is 32.6 Å². The number of rotatable bonds is 6. The van der Waals surface area contributed by atoms with E-state index in [4.69, 9.17) is 4.74 Å². The number of nitrogens with zero attached hydrogens (tertiary/aromatic N) is 2. The van der Waals surface area contributed by atoms with Crippen molar-refractivity contribution in [1.29, 1.82) is 0 Å². The number of halogens is 1.